The van der Waals surface area contributed by atoms with Crippen molar-refractivity contribution < 1.29 is 9.21 Å². The predicted octanol–water partition coefficient (Wildman–Crippen LogP) is 1.21. The first-order valence-corrected chi connectivity index (χ1v) is 8.12. The SMILES string of the molecule is CN=C(NCc1nc(C)c(C)o1)N1CCC(CC(=O)NC)CC1. The second-order valence-corrected chi connectivity index (χ2v) is 5.96. The molecule has 0 radical (unpaired) electrons. The Balaban J connectivity index is 1.82. The molecule has 1 aromatic rings. The van der Waals surface area contributed by atoms with Gasteiger partial charge in [-0.05, 0) is 32.6 Å². The van der Waals surface area contributed by atoms with Crippen LogP contribution in [0.2, 0.25) is 0 Å². The number of likely N-dealkylation sites (tertiary alicyclic amines) is 1. The maximum absolute atomic E-state index is 11.5. The van der Waals surface area contributed by atoms with Crippen molar-refractivity contribution in [2.75, 3.05) is 27.2 Å². The van der Waals surface area contributed by atoms with Gasteiger partial charge in [0.2, 0.25) is 11.8 Å². The van der Waals surface area contributed by atoms with Gasteiger partial charge in [-0.15, -0.1) is 0 Å². The first kappa shape index (κ1) is 17.3. The minimum atomic E-state index is 0.126. The van der Waals surface area contributed by atoms with Crippen LogP contribution >= 0.6 is 0 Å². The van der Waals surface area contributed by atoms with Crippen LogP contribution in [0.4, 0.5) is 0 Å². The van der Waals surface area contributed by atoms with Gasteiger partial charge in [-0.3, -0.25) is 9.79 Å². The second-order valence-electron chi connectivity index (χ2n) is 5.96. The Morgan fingerprint density at radius 1 is 1.39 bits per heavy atom. The van der Waals surface area contributed by atoms with Crippen LogP contribution in [-0.2, 0) is 11.3 Å². The summed E-state index contributed by atoms with van der Waals surface area (Å²) in [5.74, 6) is 2.97. The topological polar surface area (TPSA) is 82.8 Å². The van der Waals surface area contributed by atoms with Crippen molar-refractivity contribution in [2.45, 2.75) is 39.7 Å². The summed E-state index contributed by atoms with van der Waals surface area (Å²) < 4.78 is 5.58. The van der Waals surface area contributed by atoms with E-state index in [2.05, 4.69) is 25.5 Å². The number of rotatable bonds is 4. The Labute approximate surface area is 137 Å². The van der Waals surface area contributed by atoms with E-state index in [9.17, 15) is 4.79 Å². The van der Waals surface area contributed by atoms with Crippen molar-refractivity contribution in [2.24, 2.45) is 10.9 Å². The highest BCUT2D eigenvalue weighted by Gasteiger charge is 2.23. The molecule has 0 unspecified atom stereocenters. The molecule has 0 aromatic carbocycles. The number of aliphatic imine (C=N–C) groups is 1. The summed E-state index contributed by atoms with van der Waals surface area (Å²) in [4.78, 5) is 22.4. The summed E-state index contributed by atoms with van der Waals surface area (Å²) in [7, 11) is 3.47. The van der Waals surface area contributed by atoms with E-state index in [-0.39, 0.29) is 5.91 Å². The zero-order valence-corrected chi connectivity index (χ0v) is 14.5. The van der Waals surface area contributed by atoms with Crippen LogP contribution < -0.4 is 10.6 Å². The number of amides is 1. The van der Waals surface area contributed by atoms with Gasteiger partial charge < -0.3 is 20.0 Å². The normalized spacial score (nSPS) is 16.5. The number of aromatic nitrogens is 1. The number of carbonyl (C=O) groups excluding carboxylic acids is 1. The lowest BCUT2D eigenvalue weighted by atomic mass is 9.93. The van der Waals surface area contributed by atoms with E-state index in [4.69, 9.17) is 4.42 Å². The molecule has 0 spiro atoms. The van der Waals surface area contributed by atoms with E-state index in [1.54, 1.807) is 14.1 Å². The molecule has 1 aliphatic heterocycles. The largest absolute Gasteiger partial charge is 0.444 e. The molecule has 2 heterocycles. The van der Waals surface area contributed by atoms with Gasteiger partial charge in [0.15, 0.2) is 5.96 Å². The maximum atomic E-state index is 11.5. The van der Waals surface area contributed by atoms with Gasteiger partial charge in [-0.2, -0.15) is 0 Å². The van der Waals surface area contributed by atoms with Crippen LogP contribution in [0.25, 0.3) is 0 Å². The molecule has 7 nitrogen and oxygen atoms in total. The molecular formula is C16H27N5O2. The van der Waals surface area contributed by atoms with E-state index < -0.39 is 0 Å². The molecular weight excluding hydrogens is 294 g/mol. The van der Waals surface area contributed by atoms with E-state index in [0.717, 1.165) is 43.3 Å². The van der Waals surface area contributed by atoms with E-state index in [1.807, 2.05) is 13.8 Å². The van der Waals surface area contributed by atoms with Crippen molar-refractivity contribution >= 4 is 11.9 Å². The number of guanidine groups is 1. The number of hydrogen-bond donors (Lipinski definition) is 2. The second kappa shape index (κ2) is 7.99. The Kier molecular flexibility index (Phi) is 6.01. The standard InChI is InChI=1S/C16H27N5O2/c1-11-12(2)23-15(20-11)10-19-16(18-4)21-7-5-13(6-8-21)9-14(22)17-3/h13H,5-10H2,1-4H3,(H,17,22)(H,18,19). The van der Waals surface area contributed by atoms with Crippen molar-refractivity contribution in [1.29, 1.82) is 0 Å². The predicted molar refractivity (Wildman–Crippen MR) is 89.2 cm³/mol. The summed E-state index contributed by atoms with van der Waals surface area (Å²) >= 11 is 0. The number of carbonyl (C=O) groups is 1. The third kappa shape index (κ3) is 4.71. The first-order chi connectivity index (χ1) is 11.0. The van der Waals surface area contributed by atoms with Gasteiger partial charge in [0.25, 0.3) is 0 Å². The number of aryl methyl sites for hydroxylation is 2. The molecule has 2 rings (SSSR count). The third-order valence-corrected chi connectivity index (χ3v) is 4.35. The minimum Gasteiger partial charge on any atom is -0.444 e. The average Bonchev–Trinajstić information content (AvgIpc) is 2.87. The molecule has 0 atom stereocenters. The quantitative estimate of drug-likeness (QED) is 0.643. The molecule has 2 N–H and O–H groups in total. The van der Waals surface area contributed by atoms with Crippen molar-refractivity contribution in [3.63, 3.8) is 0 Å². The lowest BCUT2D eigenvalue weighted by Crippen LogP contribution is -2.45. The van der Waals surface area contributed by atoms with Crippen LogP contribution in [0, 0.1) is 19.8 Å². The van der Waals surface area contributed by atoms with Gasteiger partial charge in [0, 0.05) is 33.6 Å². The fraction of sp³-hybridized carbons (Fsp3) is 0.688. The summed E-state index contributed by atoms with van der Waals surface area (Å²) in [6.07, 6.45) is 2.63. The number of hydrogen-bond acceptors (Lipinski definition) is 4. The number of nitrogens with one attached hydrogen (secondary N) is 2. The molecule has 7 heteroatoms. The lowest BCUT2D eigenvalue weighted by Gasteiger charge is -2.33. The molecule has 1 amide bonds. The van der Waals surface area contributed by atoms with Crippen LogP contribution in [0.5, 0.6) is 0 Å². The van der Waals surface area contributed by atoms with E-state index in [0.29, 0.717) is 24.8 Å². The van der Waals surface area contributed by atoms with Gasteiger partial charge in [-0.25, -0.2) is 4.98 Å². The first-order valence-electron chi connectivity index (χ1n) is 8.12. The maximum Gasteiger partial charge on any atom is 0.220 e. The Bertz CT molecular complexity index is 539. The summed E-state index contributed by atoms with van der Waals surface area (Å²) in [5, 5.41) is 6.00. The van der Waals surface area contributed by atoms with Crippen molar-refractivity contribution in [3.05, 3.63) is 17.3 Å². The fourth-order valence-corrected chi connectivity index (χ4v) is 2.81. The monoisotopic (exact) mass is 321 g/mol. The molecule has 0 bridgehead atoms. The summed E-state index contributed by atoms with van der Waals surface area (Å²) in [6, 6.07) is 0. The average molecular weight is 321 g/mol. The van der Waals surface area contributed by atoms with Gasteiger partial charge >= 0.3 is 0 Å². The van der Waals surface area contributed by atoms with Crippen LogP contribution in [-0.4, -0.2) is 48.9 Å². The highest BCUT2D eigenvalue weighted by Crippen LogP contribution is 2.20. The van der Waals surface area contributed by atoms with Crippen LogP contribution in [0.3, 0.4) is 0 Å². The van der Waals surface area contributed by atoms with Crippen LogP contribution in [0.1, 0.15) is 36.6 Å². The zero-order chi connectivity index (χ0) is 16.8. The highest BCUT2D eigenvalue weighted by molar-refractivity contribution is 5.80. The molecule has 23 heavy (non-hydrogen) atoms. The molecule has 1 aliphatic rings. The van der Waals surface area contributed by atoms with E-state index in [1.165, 1.54) is 0 Å². The lowest BCUT2D eigenvalue weighted by molar-refractivity contribution is -0.121. The fourth-order valence-electron chi connectivity index (χ4n) is 2.81. The smallest absolute Gasteiger partial charge is 0.220 e. The molecule has 128 valence electrons. The zero-order valence-electron chi connectivity index (χ0n) is 14.5. The minimum absolute atomic E-state index is 0.126. The molecule has 1 saturated heterocycles. The van der Waals surface area contributed by atoms with Crippen molar-refractivity contribution in [3.8, 4) is 0 Å². The van der Waals surface area contributed by atoms with Gasteiger partial charge in [0.05, 0.1) is 12.2 Å². The molecule has 0 aliphatic carbocycles. The Morgan fingerprint density at radius 3 is 2.61 bits per heavy atom. The Morgan fingerprint density at radius 2 is 2.09 bits per heavy atom. The van der Waals surface area contributed by atoms with Crippen molar-refractivity contribution in [1.82, 2.24) is 20.5 Å². The van der Waals surface area contributed by atoms with Gasteiger partial charge in [-0.1, -0.05) is 0 Å². The molecule has 0 saturated carbocycles. The number of piperidine rings is 1. The van der Waals surface area contributed by atoms with Gasteiger partial charge in [0.1, 0.15) is 5.76 Å². The van der Waals surface area contributed by atoms with Crippen LogP contribution in [0.15, 0.2) is 9.41 Å². The molecule has 1 fully saturated rings. The Hall–Kier alpha value is -2.05. The number of nitrogens with zero attached hydrogens (tertiary/aromatic N) is 3. The summed E-state index contributed by atoms with van der Waals surface area (Å²) in [5.41, 5.74) is 0.923. The molecule has 1 aromatic heterocycles. The third-order valence-electron chi connectivity index (χ3n) is 4.35. The van der Waals surface area contributed by atoms with E-state index >= 15 is 0 Å². The summed E-state index contributed by atoms with van der Waals surface area (Å²) in [6.45, 7) is 6.20. The number of oxazole rings is 1. The highest BCUT2D eigenvalue weighted by atomic mass is 16.4.